The number of nitrogens with one attached hydrogen (secondary N) is 1. The van der Waals surface area contributed by atoms with Crippen molar-refractivity contribution < 1.29 is 9.32 Å². The van der Waals surface area contributed by atoms with Crippen molar-refractivity contribution in [2.45, 2.75) is 32.6 Å². The normalized spacial score (nSPS) is 17.1. The molecule has 1 heterocycles. The molecule has 1 atom stereocenters. The molecular weight excluding hydrogens is 300 g/mol. The zero-order valence-corrected chi connectivity index (χ0v) is 13.3. The van der Waals surface area contributed by atoms with Gasteiger partial charge in [0.25, 0.3) is 5.91 Å². The first-order chi connectivity index (χ1) is 10.6. The third kappa shape index (κ3) is 3.33. The molecule has 1 amide bonds. The molecule has 0 saturated carbocycles. The van der Waals surface area contributed by atoms with Crippen molar-refractivity contribution in [1.82, 2.24) is 10.5 Å². The smallest absolute Gasteiger partial charge is 0.273 e. The number of nitrogens with zero attached hydrogens (tertiary/aromatic N) is 1. The molecule has 2 aromatic rings. The number of hydrogen-bond donors (Lipinski definition) is 1. The van der Waals surface area contributed by atoms with Gasteiger partial charge in [-0.25, -0.2) is 0 Å². The molecule has 0 fully saturated rings. The van der Waals surface area contributed by atoms with Crippen LogP contribution in [0.5, 0.6) is 0 Å². The quantitative estimate of drug-likeness (QED) is 0.939. The predicted molar refractivity (Wildman–Crippen MR) is 85.2 cm³/mol. The fourth-order valence-corrected chi connectivity index (χ4v) is 2.94. The van der Waals surface area contributed by atoms with Crippen molar-refractivity contribution in [3.8, 4) is 0 Å². The number of aryl methyl sites for hydroxylation is 1. The molecule has 0 radical (unpaired) electrons. The number of fused-ring (bicyclic) bond motifs is 1. The van der Waals surface area contributed by atoms with Crippen LogP contribution in [-0.2, 0) is 19.3 Å². The van der Waals surface area contributed by atoms with Crippen molar-refractivity contribution in [2.24, 2.45) is 5.92 Å². The Morgan fingerprint density at radius 1 is 1.41 bits per heavy atom. The van der Waals surface area contributed by atoms with Gasteiger partial charge in [0.05, 0.1) is 0 Å². The second-order valence-electron chi connectivity index (χ2n) is 5.91. The molecule has 116 valence electrons. The van der Waals surface area contributed by atoms with Gasteiger partial charge >= 0.3 is 0 Å². The average molecular weight is 319 g/mol. The number of amides is 1. The Morgan fingerprint density at radius 2 is 2.18 bits per heavy atom. The zero-order chi connectivity index (χ0) is 15.5. The first-order valence-corrected chi connectivity index (χ1v) is 8.01. The highest BCUT2D eigenvalue weighted by Crippen LogP contribution is 2.27. The van der Waals surface area contributed by atoms with Crippen LogP contribution in [0, 0.1) is 5.92 Å². The van der Waals surface area contributed by atoms with Gasteiger partial charge in [0.15, 0.2) is 5.69 Å². The Bertz CT molecular complexity index is 664. The number of halogens is 1. The van der Waals surface area contributed by atoms with Gasteiger partial charge in [0.2, 0.25) is 0 Å². The molecule has 1 aliphatic carbocycles. The molecule has 1 aromatic heterocycles. The lowest BCUT2D eigenvalue weighted by Gasteiger charge is -2.16. The van der Waals surface area contributed by atoms with E-state index in [2.05, 4.69) is 17.4 Å². The SMILES string of the molecule is C[C@H]1CCc2onc(C(=O)NCCc3ccc(Cl)cc3)c2C1. The number of rotatable bonds is 4. The topological polar surface area (TPSA) is 55.1 Å². The minimum atomic E-state index is -0.145. The molecular formula is C17H19ClN2O2. The Hall–Kier alpha value is -1.81. The molecule has 1 N–H and O–H groups in total. The van der Waals surface area contributed by atoms with E-state index in [1.165, 1.54) is 0 Å². The van der Waals surface area contributed by atoms with E-state index in [9.17, 15) is 4.79 Å². The first kappa shape index (κ1) is 15.1. The van der Waals surface area contributed by atoms with Gasteiger partial charge in [-0.1, -0.05) is 35.8 Å². The highest BCUT2D eigenvalue weighted by Gasteiger charge is 2.26. The summed E-state index contributed by atoms with van der Waals surface area (Å²) in [5, 5.41) is 7.60. The lowest BCUT2D eigenvalue weighted by Crippen LogP contribution is -2.27. The number of hydrogen-bond acceptors (Lipinski definition) is 3. The largest absolute Gasteiger partial charge is 0.360 e. The van der Waals surface area contributed by atoms with E-state index >= 15 is 0 Å². The van der Waals surface area contributed by atoms with E-state index in [0.717, 1.165) is 47.6 Å². The molecule has 0 spiro atoms. The summed E-state index contributed by atoms with van der Waals surface area (Å²) in [5.41, 5.74) is 2.58. The van der Waals surface area contributed by atoms with Gasteiger partial charge in [0, 0.05) is 23.6 Å². The molecule has 0 unspecified atom stereocenters. The first-order valence-electron chi connectivity index (χ1n) is 7.63. The van der Waals surface area contributed by atoms with E-state index < -0.39 is 0 Å². The molecule has 3 rings (SSSR count). The Morgan fingerprint density at radius 3 is 2.95 bits per heavy atom. The fraction of sp³-hybridized carbons (Fsp3) is 0.412. The van der Waals surface area contributed by atoms with E-state index in [1.807, 2.05) is 24.3 Å². The minimum Gasteiger partial charge on any atom is -0.360 e. The number of benzene rings is 1. The van der Waals surface area contributed by atoms with Crippen LogP contribution >= 0.6 is 11.6 Å². The maximum Gasteiger partial charge on any atom is 0.273 e. The summed E-state index contributed by atoms with van der Waals surface area (Å²) in [6.07, 6.45) is 3.61. The standard InChI is InChI=1S/C17H19ClN2O2/c1-11-2-7-15-14(10-11)16(20-22-15)17(21)19-9-8-12-3-5-13(18)6-4-12/h3-6,11H,2,7-10H2,1H3,(H,19,21)/t11-/m0/s1. The highest BCUT2D eigenvalue weighted by atomic mass is 35.5. The van der Waals surface area contributed by atoms with Crippen molar-refractivity contribution in [2.75, 3.05) is 6.54 Å². The molecule has 1 aliphatic rings. The van der Waals surface area contributed by atoms with Crippen LogP contribution in [0.4, 0.5) is 0 Å². The van der Waals surface area contributed by atoms with Gasteiger partial charge < -0.3 is 9.84 Å². The maximum absolute atomic E-state index is 12.3. The molecule has 0 bridgehead atoms. The molecule has 5 heteroatoms. The van der Waals surface area contributed by atoms with Crippen LogP contribution in [0.3, 0.4) is 0 Å². The van der Waals surface area contributed by atoms with Crippen molar-refractivity contribution in [1.29, 1.82) is 0 Å². The van der Waals surface area contributed by atoms with Gasteiger partial charge in [-0.3, -0.25) is 4.79 Å². The molecule has 0 saturated heterocycles. The van der Waals surface area contributed by atoms with Crippen LogP contribution in [0.1, 0.15) is 40.7 Å². The van der Waals surface area contributed by atoms with Crippen molar-refractivity contribution >= 4 is 17.5 Å². The summed E-state index contributed by atoms with van der Waals surface area (Å²) < 4.78 is 5.31. The van der Waals surface area contributed by atoms with Gasteiger partial charge in [-0.15, -0.1) is 0 Å². The summed E-state index contributed by atoms with van der Waals surface area (Å²) in [6, 6.07) is 7.64. The van der Waals surface area contributed by atoms with Gasteiger partial charge in [-0.2, -0.15) is 0 Å². The van der Waals surface area contributed by atoms with Crippen LogP contribution in [0.2, 0.25) is 5.02 Å². The Kier molecular flexibility index (Phi) is 4.48. The fourth-order valence-electron chi connectivity index (χ4n) is 2.81. The molecule has 4 nitrogen and oxygen atoms in total. The van der Waals surface area contributed by atoms with Crippen molar-refractivity contribution in [3.05, 3.63) is 51.9 Å². The summed E-state index contributed by atoms with van der Waals surface area (Å²) >= 11 is 5.85. The van der Waals surface area contributed by atoms with Crippen LogP contribution in [0.15, 0.2) is 28.8 Å². The summed E-state index contributed by atoms with van der Waals surface area (Å²) in [7, 11) is 0. The van der Waals surface area contributed by atoms with E-state index in [0.29, 0.717) is 18.2 Å². The lowest BCUT2D eigenvalue weighted by molar-refractivity contribution is 0.0944. The maximum atomic E-state index is 12.3. The summed E-state index contributed by atoms with van der Waals surface area (Å²) in [5.74, 6) is 1.31. The average Bonchev–Trinajstić information content (AvgIpc) is 2.92. The number of carbonyl (C=O) groups excluding carboxylic acids is 1. The Labute approximate surface area is 134 Å². The minimum absolute atomic E-state index is 0.145. The van der Waals surface area contributed by atoms with Crippen LogP contribution < -0.4 is 5.32 Å². The zero-order valence-electron chi connectivity index (χ0n) is 12.6. The number of carbonyl (C=O) groups is 1. The van der Waals surface area contributed by atoms with Crippen molar-refractivity contribution in [3.63, 3.8) is 0 Å². The second kappa shape index (κ2) is 6.53. The Balaban J connectivity index is 1.58. The molecule has 1 aromatic carbocycles. The number of aromatic nitrogens is 1. The molecule has 0 aliphatic heterocycles. The van der Waals surface area contributed by atoms with E-state index in [1.54, 1.807) is 0 Å². The monoisotopic (exact) mass is 318 g/mol. The highest BCUT2D eigenvalue weighted by molar-refractivity contribution is 6.30. The predicted octanol–water partition coefficient (Wildman–Crippen LogP) is 3.43. The molecule has 22 heavy (non-hydrogen) atoms. The van der Waals surface area contributed by atoms with E-state index in [4.69, 9.17) is 16.1 Å². The summed E-state index contributed by atoms with van der Waals surface area (Å²) in [4.78, 5) is 12.3. The second-order valence-corrected chi connectivity index (χ2v) is 6.35. The van der Waals surface area contributed by atoms with Gasteiger partial charge in [-0.05, 0) is 42.9 Å². The lowest BCUT2D eigenvalue weighted by atomic mass is 9.88. The third-order valence-corrected chi connectivity index (χ3v) is 4.37. The van der Waals surface area contributed by atoms with Crippen LogP contribution in [0.25, 0.3) is 0 Å². The van der Waals surface area contributed by atoms with E-state index in [-0.39, 0.29) is 5.91 Å². The third-order valence-electron chi connectivity index (χ3n) is 4.11. The summed E-state index contributed by atoms with van der Waals surface area (Å²) in [6.45, 7) is 2.76. The van der Waals surface area contributed by atoms with Gasteiger partial charge in [0.1, 0.15) is 5.76 Å². The van der Waals surface area contributed by atoms with Crippen LogP contribution in [-0.4, -0.2) is 17.6 Å².